The Morgan fingerprint density at radius 2 is 2.16 bits per heavy atom. The summed E-state index contributed by atoms with van der Waals surface area (Å²) in [5.74, 6) is -0.706. The Morgan fingerprint density at radius 1 is 1.42 bits per heavy atom. The molecular weight excluding hydrogens is 268 g/mol. The van der Waals surface area contributed by atoms with E-state index in [-0.39, 0.29) is 17.3 Å². The molecule has 1 aliphatic heterocycles. The molecule has 1 aliphatic rings. The van der Waals surface area contributed by atoms with Crippen molar-refractivity contribution in [3.8, 4) is 0 Å². The lowest BCUT2D eigenvalue weighted by Gasteiger charge is -2.32. The van der Waals surface area contributed by atoms with Gasteiger partial charge in [0.25, 0.3) is 0 Å². The molecule has 1 fully saturated rings. The molecule has 7 nitrogen and oxygen atoms in total. The summed E-state index contributed by atoms with van der Waals surface area (Å²) in [5.41, 5.74) is 10.9. The van der Waals surface area contributed by atoms with Crippen molar-refractivity contribution in [1.29, 1.82) is 0 Å². The van der Waals surface area contributed by atoms with E-state index in [0.717, 1.165) is 10.7 Å². The van der Waals surface area contributed by atoms with Gasteiger partial charge in [-0.2, -0.15) is 4.31 Å². The van der Waals surface area contributed by atoms with Crippen LogP contribution in [-0.2, 0) is 14.8 Å². The number of carbonyl (C=O) groups is 1. The molecular formula is C11H16N4O3S. The molecule has 19 heavy (non-hydrogen) atoms. The van der Waals surface area contributed by atoms with E-state index in [0.29, 0.717) is 12.8 Å². The van der Waals surface area contributed by atoms with Crippen LogP contribution in [0.15, 0.2) is 23.2 Å². The molecule has 1 aromatic rings. The molecule has 1 saturated heterocycles. The number of pyridine rings is 1. The van der Waals surface area contributed by atoms with Crippen LogP contribution in [0.5, 0.6) is 0 Å². The van der Waals surface area contributed by atoms with Gasteiger partial charge in [-0.1, -0.05) is 6.42 Å². The highest BCUT2D eigenvalue weighted by Gasteiger charge is 2.37. The number of hydrogen-bond acceptors (Lipinski definition) is 5. The topological polar surface area (TPSA) is 119 Å². The third kappa shape index (κ3) is 2.54. The Labute approximate surface area is 111 Å². The predicted molar refractivity (Wildman–Crippen MR) is 69.4 cm³/mol. The van der Waals surface area contributed by atoms with Crippen molar-refractivity contribution in [2.24, 2.45) is 5.73 Å². The van der Waals surface area contributed by atoms with Gasteiger partial charge in [-0.05, 0) is 25.0 Å². The van der Waals surface area contributed by atoms with E-state index >= 15 is 0 Å². The average molecular weight is 284 g/mol. The number of nitrogen functional groups attached to an aromatic ring is 1. The second-order valence-corrected chi connectivity index (χ2v) is 6.28. The van der Waals surface area contributed by atoms with Gasteiger partial charge in [-0.3, -0.25) is 4.79 Å². The van der Waals surface area contributed by atoms with Gasteiger partial charge >= 0.3 is 0 Å². The van der Waals surface area contributed by atoms with Gasteiger partial charge in [0.15, 0.2) is 0 Å². The molecule has 0 bridgehead atoms. The van der Waals surface area contributed by atoms with Crippen LogP contribution in [0.4, 0.5) is 5.82 Å². The molecule has 0 saturated carbocycles. The first-order valence-corrected chi connectivity index (χ1v) is 7.40. The molecule has 0 aliphatic carbocycles. The average Bonchev–Trinajstić information content (AvgIpc) is 2.39. The summed E-state index contributed by atoms with van der Waals surface area (Å²) in [6.07, 6.45) is 3.33. The van der Waals surface area contributed by atoms with Crippen molar-refractivity contribution in [2.45, 2.75) is 30.2 Å². The van der Waals surface area contributed by atoms with E-state index in [4.69, 9.17) is 11.5 Å². The van der Waals surface area contributed by atoms with Gasteiger partial charge in [0.1, 0.15) is 16.8 Å². The van der Waals surface area contributed by atoms with Gasteiger partial charge in [0.2, 0.25) is 15.9 Å². The van der Waals surface area contributed by atoms with Crippen LogP contribution in [0.3, 0.4) is 0 Å². The maximum atomic E-state index is 12.5. The zero-order valence-electron chi connectivity index (χ0n) is 10.3. The number of amides is 1. The lowest BCUT2D eigenvalue weighted by Crippen LogP contribution is -2.50. The molecule has 1 aromatic heterocycles. The minimum atomic E-state index is -3.84. The fourth-order valence-corrected chi connectivity index (χ4v) is 3.96. The number of carbonyl (C=O) groups excluding carboxylic acids is 1. The van der Waals surface area contributed by atoms with Gasteiger partial charge in [0.05, 0.1) is 0 Å². The Morgan fingerprint density at radius 3 is 2.79 bits per heavy atom. The third-order valence-electron chi connectivity index (χ3n) is 3.17. The monoisotopic (exact) mass is 284 g/mol. The highest BCUT2D eigenvalue weighted by Crippen LogP contribution is 2.27. The van der Waals surface area contributed by atoms with Crippen LogP contribution in [0, 0.1) is 0 Å². The van der Waals surface area contributed by atoms with E-state index in [1.165, 1.54) is 18.3 Å². The third-order valence-corrected chi connectivity index (χ3v) is 5.12. The van der Waals surface area contributed by atoms with E-state index < -0.39 is 22.0 Å². The molecule has 4 N–H and O–H groups in total. The summed E-state index contributed by atoms with van der Waals surface area (Å²) in [6.45, 7) is 0.268. The Bertz CT molecular complexity index is 587. The van der Waals surface area contributed by atoms with E-state index in [9.17, 15) is 13.2 Å². The van der Waals surface area contributed by atoms with Crippen LogP contribution in [-0.4, -0.2) is 36.2 Å². The fourth-order valence-electron chi connectivity index (χ4n) is 2.22. The van der Waals surface area contributed by atoms with E-state index in [2.05, 4.69) is 4.98 Å². The van der Waals surface area contributed by atoms with Crippen LogP contribution < -0.4 is 11.5 Å². The highest BCUT2D eigenvalue weighted by molar-refractivity contribution is 7.89. The molecule has 0 radical (unpaired) electrons. The lowest BCUT2D eigenvalue weighted by molar-refractivity contribution is -0.122. The van der Waals surface area contributed by atoms with Crippen LogP contribution in [0.1, 0.15) is 19.3 Å². The molecule has 1 amide bonds. The fraction of sp³-hybridized carbons (Fsp3) is 0.455. The molecule has 2 heterocycles. The number of hydrogen-bond donors (Lipinski definition) is 2. The van der Waals surface area contributed by atoms with Crippen molar-refractivity contribution in [1.82, 2.24) is 9.29 Å². The van der Waals surface area contributed by atoms with Crippen molar-refractivity contribution in [3.63, 3.8) is 0 Å². The Hall–Kier alpha value is -1.67. The quantitative estimate of drug-likeness (QED) is 0.789. The highest BCUT2D eigenvalue weighted by atomic mass is 32.2. The summed E-state index contributed by atoms with van der Waals surface area (Å²) in [4.78, 5) is 15.1. The molecule has 0 spiro atoms. The second-order valence-electron chi connectivity index (χ2n) is 4.42. The number of aromatic nitrogens is 1. The summed E-state index contributed by atoms with van der Waals surface area (Å²) < 4.78 is 26.2. The predicted octanol–water partition coefficient (Wildman–Crippen LogP) is -0.308. The maximum absolute atomic E-state index is 12.5. The van der Waals surface area contributed by atoms with Gasteiger partial charge in [0, 0.05) is 12.7 Å². The first-order chi connectivity index (χ1) is 8.94. The Kier molecular flexibility index (Phi) is 3.72. The number of piperidine rings is 1. The molecule has 2 rings (SSSR count). The summed E-state index contributed by atoms with van der Waals surface area (Å²) in [5, 5.41) is 0. The number of rotatable bonds is 3. The number of anilines is 1. The number of nitrogens with two attached hydrogens (primary N) is 2. The summed E-state index contributed by atoms with van der Waals surface area (Å²) in [7, 11) is -3.84. The van der Waals surface area contributed by atoms with Crippen LogP contribution >= 0.6 is 0 Å². The normalized spacial score (nSPS) is 21.2. The van der Waals surface area contributed by atoms with Gasteiger partial charge < -0.3 is 11.5 Å². The molecule has 1 unspecified atom stereocenters. The Balaban J connectivity index is 2.43. The molecule has 104 valence electrons. The van der Waals surface area contributed by atoms with Gasteiger partial charge in [-0.15, -0.1) is 0 Å². The van der Waals surface area contributed by atoms with E-state index in [1.54, 1.807) is 0 Å². The lowest BCUT2D eigenvalue weighted by atomic mass is 10.0. The van der Waals surface area contributed by atoms with Crippen LogP contribution in [0.25, 0.3) is 0 Å². The van der Waals surface area contributed by atoms with Crippen LogP contribution in [0.2, 0.25) is 0 Å². The minimum Gasteiger partial charge on any atom is -0.383 e. The van der Waals surface area contributed by atoms with Crippen molar-refractivity contribution in [2.75, 3.05) is 12.3 Å². The van der Waals surface area contributed by atoms with E-state index in [1.807, 2.05) is 0 Å². The van der Waals surface area contributed by atoms with Gasteiger partial charge in [-0.25, -0.2) is 13.4 Å². The largest absolute Gasteiger partial charge is 0.383 e. The zero-order valence-corrected chi connectivity index (χ0v) is 11.1. The SMILES string of the molecule is NC(=O)C1CCCCN1S(=O)(=O)c1cccnc1N. The number of primary amides is 1. The van der Waals surface area contributed by atoms with Crippen molar-refractivity contribution in [3.05, 3.63) is 18.3 Å². The van der Waals surface area contributed by atoms with Crippen molar-refractivity contribution >= 4 is 21.7 Å². The second kappa shape index (κ2) is 5.14. The summed E-state index contributed by atoms with van der Waals surface area (Å²) in [6, 6.07) is 2.06. The molecule has 0 aromatic carbocycles. The maximum Gasteiger partial charge on any atom is 0.247 e. The molecule has 8 heteroatoms. The standard InChI is InChI=1S/C11H16N4O3S/c12-10-9(5-3-6-14-10)19(17,18)15-7-2-1-4-8(15)11(13)16/h3,5-6,8H,1-2,4,7H2,(H2,12,14)(H2,13,16). The summed E-state index contributed by atoms with van der Waals surface area (Å²) >= 11 is 0. The minimum absolute atomic E-state index is 0.0729. The number of sulfonamides is 1. The zero-order chi connectivity index (χ0) is 14.0. The first kappa shape index (κ1) is 13.8. The smallest absolute Gasteiger partial charge is 0.247 e. The van der Waals surface area contributed by atoms with Crippen molar-refractivity contribution < 1.29 is 13.2 Å². The molecule has 1 atom stereocenters. The first-order valence-electron chi connectivity index (χ1n) is 5.96. The number of nitrogens with zero attached hydrogens (tertiary/aromatic N) is 2.